The van der Waals surface area contributed by atoms with Crippen LogP contribution in [-0.2, 0) is 13.1 Å². The molecule has 3 aromatic rings. The summed E-state index contributed by atoms with van der Waals surface area (Å²) in [4.78, 5) is 8.56. The van der Waals surface area contributed by atoms with E-state index < -0.39 is 0 Å². The molecule has 0 atom stereocenters. The van der Waals surface area contributed by atoms with E-state index in [2.05, 4.69) is 30.8 Å². The summed E-state index contributed by atoms with van der Waals surface area (Å²) in [5.41, 5.74) is 1.68. The van der Waals surface area contributed by atoms with Crippen molar-refractivity contribution >= 4 is 11.6 Å². The van der Waals surface area contributed by atoms with Crippen LogP contribution in [0.4, 0.5) is 0 Å². The molecule has 8 nitrogen and oxygen atoms in total. The lowest BCUT2D eigenvalue weighted by atomic mass is 10.3. The van der Waals surface area contributed by atoms with Crippen molar-refractivity contribution in [3.05, 3.63) is 54.1 Å². The number of ether oxygens (including phenoxy) is 1. The smallest absolute Gasteiger partial charge is 0.213 e. The van der Waals surface area contributed by atoms with Crippen molar-refractivity contribution in [3.8, 4) is 5.88 Å². The highest BCUT2D eigenvalue weighted by Gasteiger charge is 2.06. The van der Waals surface area contributed by atoms with Gasteiger partial charge in [0, 0.05) is 19.3 Å². The van der Waals surface area contributed by atoms with Gasteiger partial charge in [-0.15, -0.1) is 10.2 Å². The number of nitrogens with one attached hydrogen (secondary N) is 2. The normalized spacial score (nSPS) is 11.5. The zero-order chi connectivity index (χ0) is 16.8. The quantitative estimate of drug-likeness (QED) is 0.537. The lowest BCUT2D eigenvalue weighted by Crippen LogP contribution is -2.37. The summed E-state index contributed by atoms with van der Waals surface area (Å²) in [6.45, 7) is 1.05. The van der Waals surface area contributed by atoms with Crippen molar-refractivity contribution in [2.24, 2.45) is 4.99 Å². The molecule has 3 heterocycles. The van der Waals surface area contributed by atoms with E-state index in [1.165, 1.54) is 0 Å². The van der Waals surface area contributed by atoms with Crippen molar-refractivity contribution in [2.75, 3.05) is 14.2 Å². The van der Waals surface area contributed by atoms with Crippen LogP contribution in [0, 0.1) is 0 Å². The van der Waals surface area contributed by atoms with Gasteiger partial charge in [-0.2, -0.15) is 0 Å². The van der Waals surface area contributed by atoms with Crippen molar-refractivity contribution in [1.29, 1.82) is 0 Å². The number of pyridine rings is 2. The van der Waals surface area contributed by atoms with Gasteiger partial charge in [-0.05, 0) is 18.2 Å². The van der Waals surface area contributed by atoms with E-state index in [0.717, 1.165) is 17.2 Å². The van der Waals surface area contributed by atoms with Gasteiger partial charge < -0.3 is 15.4 Å². The van der Waals surface area contributed by atoms with Crippen molar-refractivity contribution in [3.63, 3.8) is 0 Å². The molecule has 0 aliphatic rings. The number of nitrogens with zero attached hydrogens (tertiary/aromatic N) is 5. The molecule has 0 amide bonds. The van der Waals surface area contributed by atoms with Gasteiger partial charge in [0.25, 0.3) is 0 Å². The van der Waals surface area contributed by atoms with Crippen molar-refractivity contribution < 1.29 is 4.74 Å². The molecule has 0 saturated carbocycles. The van der Waals surface area contributed by atoms with E-state index in [9.17, 15) is 0 Å². The highest BCUT2D eigenvalue weighted by Crippen LogP contribution is 2.06. The molecule has 0 saturated heterocycles. The minimum absolute atomic E-state index is 0.510. The average Bonchev–Trinajstić information content (AvgIpc) is 3.05. The third-order valence-electron chi connectivity index (χ3n) is 3.45. The van der Waals surface area contributed by atoms with Crippen LogP contribution in [0.15, 0.2) is 47.6 Å². The Morgan fingerprint density at radius 3 is 2.83 bits per heavy atom. The van der Waals surface area contributed by atoms with Crippen molar-refractivity contribution in [1.82, 2.24) is 30.2 Å². The molecule has 0 unspecified atom stereocenters. The molecule has 0 fully saturated rings. The molecule has 3 rings (SSSR count). The lowest BCUT2D eigenvalue weighted by Gasteiger charge is -2.11. The Morgan fingerprint density at radius 1 is 1.12 bits per heavy atom. The minimum Gasteiger partial charge on any atom is -0.481 e. The summed E-state index contributed by atoms with van der Waals surface area (Å²) in [6, 6.07) is 11.4. The maximum absolute atomic E-state index is 5.12. The third kappa shape index (κ3) is 3.60. The predicted octanol–water partition coefficient (Wildman–Crippen LogP) is 0.998. The number of methoxy groups -OCH3 is 1. The van der Waals surface area contributed by atoms with Crippen LogP contribution in [0.25, 0.3) is 5.65 Å². The summed E-state index contributed by atoms with van der Waals surface area (Å²) >= 11 is 0. The maximum Gasteiger partial charge on any atom is 0.213 e. The Bertz CT molecular complexity index is 843. The van der Waals surface area contributed by atoms with E-state index in [1.807, 2.05) is 47.0 Å². The Hall–Kier alpha value is -3.16. The summed E-state index contributed by atoms with van der Waals surface area (Å²) in [7, 11) is 3.32. The molecule has 0 aromatic carbocycles. The van der Waals surface area contributed by atoms with Gasteiger partial charge in [0.05, 0.1) is 25.9 Å². The van der Waals surface area contributed by atoms with Crippen molar-refractivity contribution in [2.45, 2.75) is 13.1 Å². The zero-order valence-corrected chi connectivity index (χ0v) is 13.6. The second-order valence-electron chi connectivity index (χ2n) is 5.00. The summed E-state index contributed by atoms with van der Waals surface area (Å²) in [5, 5.41) is 14.7. The van der Waals surface area contributed by atoms with Crippen LogP contribution in [0.2, 0.25) is 0 Å². The topological polar surface area (TPSA) is 88.7 Å². The van der Waals surface area contributed by atoms with Crippen LogP contribution in [0.1, 0.15) is 11.5 Å². The number of aromatic nitrogens is 4. The Morgan fingerprint density at radius 2 is 2.00 bits per heavy atom. The van der Waals surface area contributed by atoms with Crippen LogP contribution >= 0.6 is 0 Å². The molecule has 124 valence electrons. The van der Waals surface area contributed by atoms with E-state index in [-0.39, 0.29) is 0 Å². The SMILES string of the molecule is CN=C(NCc1cccc(OC)n1)NCc1nnc2ccccn12. The molecule has 8 heteroatoms. The van der Waals surface area contributed by atoms with E-state index >= 15 is 0 Å². The fraction of sp³-hybridized carbons (Fsp3) is 0.250. The standard InChI is InChI=1S/C16H19N7O/c1-17-16(18-10-12-6-5-8-15(20-12)24-2)19-11-14-22-21-13-7-3-4-9-23(13)14/h3-9H,10-11H2,1-2H3,(H2,17,18,19). The molecule has 0 spiro atoms. The van der Waals surface area contributed by atoms with Gasteiger partial charge >= 0.3 is 0 Å². The monoisotopic (exact) mass is 325 g/mol. The van der Waals surface area contributed by atoms with Gasteiger partial charge in [-0.1, -0.05) is 12.1 Å². The molecule has 0 aliphatic carbocycles. The highest BCUT2D eigenvalue weighted by atomic mass is 16.5. The summed E-state index contributed by atoms with van der Waals surface area (Å²) in [5.74, 6) is 2.06. The summed E-state index contributed by atoms with van der Waals surface area (Å²) in [6.07, 6.45) is 1.93. The second-order valence-corrected chi connectivity index (χ2v) is 5.00. The first-order valence-corrected chi connectivity index (χ1v) is 7.53. The van der Waals surface area contributed by atoms with E-state index in [4.69, 9.17) is 4.74 Å². The molecule has 0 aliphatic heterocycles. The fourth-order valence-corrected chi connectivity index (χ4v) is 2.24. The number of rotatable bonds is 5. The second kappa shape index (κ2) is 7.40. The number of hydrogen-bond donors (Lipinski definition) is 2. The van der Waals surface area contributed by atoms with Crippen LogP contribution in [0.5, 0.6) is 5.88 Å². The highest BCUT2D eigenvalue weighted by molar-refractivity contribution is 5.79. The zero-order valence-electron chi connectivity index (χ0n) is 13.6. The fourth-order valence-electron chi connectivity index (χ4n) is 2.24. The van der Waals surface area contributed by atoms with Gasteiger partial charge in [-0.25, -0.2) is 4.98 Å². The lowest BCUT2D eigenvalue weighted by molar-refractivity contribution is 0.396. The Labute approximate surface area is 139 Å². The molecular formula is C16H19N7O. The molecule has 2 N–H and O–H groups in total. The van der Waals surface area contributed by atoms with E-state index in [0.29, 0.717) is 24.9 Å². The number of guanidine groups is 1. The van der Waals surface area contributed by atoms with Crippen LogP contribution in [-0.4, -0.2) is 39.7 Å². The first-order valence-electron chi connectivity index (χ1n) is 7.53. The molecule has 24 heavy (non-hydrogen) atoms. The molecule has 0 bridgehead atoms. The Kier molecular flexibility index (Phi) is 4.85. The minimum atomic E-state index is 0.510. The van der Waals surface area contributed by atoms with Gasteiger partial charge in [0.2, 0.25) is 5.88 Å². The number of fused-ring (bicyclic) bond motifs is 1. The van der Waals surface area contributed by atoms with Gasteiger partial charge in [-0.3, -0.25) is 9.39 Å². The first-order chi connectivity index (χ1) is 11.8. The summed E-state index contributed by atoms with van der Waals surface area (Å²) < 4.78 is 7.06. The Balaban J connectivity index is 1.59. The van der Waals surface area contributed by atoms with Gasteiger partial charge in [0.1, 0.15) is 0 Å². The van der Waals surface area contributed by atoms with Gasteiger partial charge in [0.15, 0.2) is 17.4 Å². The van der Waals surface area contributed by atoms with Crippen LogP contribution < -0.4 is 15.4 Å². The predicted molar refractivity (Wildman–Crippen MR) is 90.8 cm³/mol. The third-order valence-corrected chi connectivity index (χ3v) is 3.45. The average molecular weight is 325 g/mol. The number of aliphatic imine (C=N–C) groups is 1. The van der Waals surface area contributed by atoms with E-state index in [1.54, 1.807) is 14.2 Å². The molecule has 3 aromatic heterocycles. The van der Waals surface area contributed by atoms with Crippen LogP contribution in [0.3, 0.4) is 0 Å². The first kappa shape index (κ1) is 15.7. The maximum atomic E-state index is 5.12. The largest absolute Gasteiger partial charge is 0.481 e. The molecular weight excluding hydrogens is 306 g/mol. The molecule has 0 radical (unpaired) electrons. The number of hydrogen-bond acceptors (Lipinski definition) is 5.